The molecular weight excluding hydrogens is 397 g/mol. The van der Waals surface area contributed by atoms with E-state index in [0.717, 1.165) is 12.1 Å². The first-order valence-electron chi connectivity index (χ1n) is 7.36. The lowest BCUT2D eigenvalue weighted by atomic mass is 10.2. The Morgan fingerprint density at radius 3 is 2.22 bits per heavy atom. The number of benzene rings is 2. The van der Waals surface area contributed by atoms with Gasteiger partial charge in [-0.1, -0.05) is 6.07 Å². The van der Waals surface area contributed by atoms with Crippen molar-refractivity contribution in [2.75, 3.05) is 25.0 Å². The van der Waals surface area contributed by atoms with Crippen molar-refractivity contribution in [1.82, 2.24) is 0 Å². The number of alkyl halides is 3. The number of methoxy groups -OCH3 is 1. The average Bonchev–Trinajstić information content (AvgIpc) is 2.54. The van der Waals surface area contributed by atoms with Crippen LogP contribution in [0.1, 0.15) is 5.56 Å². The van der Waals surface area contributed by atoms with Gasteiger partial charge in [-0.05, 0) is 30.3 Å². The molecule has 0 heterocycles. The minimum atomic E-state index is -4.87. The van der Waals surface area contributed by atoms with E-state index in [1.807, 2.05) is 0 Å². The zero-order valence-electron chi connectivity index (χ0n) is 13.8. The largest absolute Gasteiger partial charge is 0.489 e. The minimum Gasteiger partial charge on any atom is -0.489 e. The molecular formula is C16H14F5NO4S. The molecule has 1 N–H and O–H groups in total. The first-order chi connectivity index (χ1) is 12.6. The van der Waals surface area contributed by atoms with Crippen molar-refractivity contribution in [3.63, 3.8) is 0 Å². The minimum absolute atomic E-state index is 0.0785. The van der Waals surface area contributed by atoms with E-state index >= 15 is 0 Å². The van der Waals surface area contributed by atoms with E-state index in [-0.39, 0.29) is 19.0 Å². The molecule has 27 heavy (non-hydrogen) atoms. The van der Waals surface area contributed by atoms with Crippen LogP contribution in [0.25, 0.3) is 0 Å². The van der Waals surface area contributed by atoms with Gasteiger partial charge in [0.25, 0.3) is 10.0 Å². The summed E-state index contributed by atoms with van der Waals surface area (Å²) in [6.07, 6.45) is -4.77. The molecule has 0 spiro atoms. The number of hydrogen-bond donors (Lipinski definition) is 1. The predicted octanol–water partition coefficient (Wildman–Crippen LogP) is 3.81. The van der Waals surface area contributed by atoms with Crippen molar-refractivity contribution in [1.29, 1.82) is 0 Å². The van der Waals surface area contributed by atoms with Gasteiger partial charge in [-0.3, -0.25) is 4.72 Å². The van der Waals surface area contributed by atoms with E-state index in [4.69, 9.17) is 9.47 Å². The van der Waals surface area contributed by atoms with Gasteiger partial charge in [0.2, 0.25) is 0 Å². The Labute approximate surface area is 151 Å². The van der Waals surface area contributed by atoms with Gasteiger partial charge in [0.05, 0.1) is 17.9 Å². The monoisotopic (exact) mass is 411 g/mol. The van der Waals surface area contributed by atoms with Crippen LogP contribution in [0, 0.1) is 11.6 Å². The highest BCUT2D eigenvalue weighted by molar-refractivity contribution is 7.92. The van der Waals surface area contributed by atoms with E-state index in [1.54, 1.807) is 4.72 Å². The van der Waals surface area contributed by atoms with Crippen LogP contribution in [0.15, 0.2) is 41.3 Å². The zero-order chi connectivity index (χ0) is 20.2. The molecule has 0 unspecified atom stereocenters. The van der Waals surface area contributed by atoms with Crippen LogP contribution in [-0.4, -0.2) is 28.7 Å². The van der Waals surface area contributed by atoms with Crippen LogP contribution in [0.5, 0.6) is 5.75 Å². The number of anilines is 1. The molecule has 0 bridgehead atoms. The highest BCUT2D eigenvalue weighted by Crippen LogP contribution is 2.36. The first kappa shape index (κ1) is 20.9. The zero-order valence-corrected chi connectivity index (χ0v) is 14.6. The third-order valence-electron chi connectivity index (χ3n) is 3.28. The molecule has 0 atom stereocenters. The Hall–Kier alpha value is -2.40. The summed E-state index contributed by atoms with van der Waals surface area (Å²) in [6.45, 7) is -0.0141. The van der Waals surface area contributed by atoms with Crippen LogP contribution in [0.4, 0.5) is 27.6 Å². The summed E-state index contributed by atoms with van der Waals surface area (Å²) in [4.78, 5) is -1.31. The Balaban J connectivity index is 2.48. The second-order valence-electron chi connectivity index (χ2n) is 5.21. The Kier molecular flexibility index (Phi) is 6.26. The second-order valence-corrected chi connectivity index (χ2v) is 6.83. The van der Waals surface area contributed by atoms with E-state index in [0.29, 0.717) is 24.3 Å². The predicted molar refractivity (Wildman–Crippen MR) is 86.0 cm³/mol. The molecule has 0 saturated heterocycles. The van der Waals surface area contributed by atoms with Crippen molar-refractivity contribution < 1.29 is 39.8 Å². The van der Waals surface area contributed by atoms with E-state index < -0.39 is 44.0 Å². The smallest absolute Gasteiger partial charge is 0.416 e. The fourth-order valence-corrected chi connectivity index (χ4v) is 3.28. The summed E-state index contributed by atoms with van der Waals surface area (Å²) < 4.78 is 103. The summed E-state index contributed by atoms with van der Waals surface area (Å²) >= 11 is 0. The normalized spacial score (nSPS) is 12.1. The molecule has 2 rings (SSSR count). The molecule has 0 fully saturated rings. The molecule has 5 nitrogen and oxygen atoms in total. The molecule has 0 aliphatic heterocycles. The molecule has 11 heteroatoms. The van der Waals surface area contributed by atoms with Crippen molar-refractivity contribution in [3.8, 4) is 5.75 Å². The quantitative estimate of drug-likeness (QED) is 0.556. The van der Waals surface area contributed by atoms with Gasteiger partial charge in [0.1, 0.15) is 24.0 Å². The van der Waals surface area contributed by atoms with Crippen LogP contribution in [0.3, 0.4) is 0 Å². The van der Waals surface area contributed by atoms with Crippen molar-refractivity contribution in [2.45, 2.75) is 11.1 Å². The summed E-state index contributed by atoms with van der Waals surface area (Å²) in [5, 5.41) is 0. The average molecular weight is 411 g/mol. The lowest BCUT2D eigenvalue weighted by molar-refractivity contribution is -0.137. The van der Waals surface area contributed by atoms with Crippen molar-refractivity contribution in [2.24, 2.45) is 0 Å². The molecule has 0 aliphatic rings. The van der Waals surface area contributed by atoms with Gasteiger partial charge in [0.15, 0.2) is 4.90 Å². The number of nitrogens with one attached hydrogen (secondary N) is 1. The van der Waals surface area contributed by atoms with E-state index in [2.05, 4.69) is 0 Å². The van der Waals surface area contributed by atoms with Crippen LogP contribution in [-0.2, 0) is 20.9 Å². The molecule has 2 aromatic rings. The van der Waals surface area contributed by atoms with Crippen LogP contribution in [0.2, 0.25) is 0 Å². The van der Waals surface area contributed by atoms with Crippen LogP contribution >= 0.6 is 0 Å². The highest BCUT2D eigenvalue weighted by Gasteiger charge is 2.32. The Bertz CT molecular complexity index is 895. The maximum Gasteiger partial charge on any atom is 0.416 e. The summed E-state index contributed by atoms with van der Waals surface area (Å²) in [6, 6.07) is 4.42. The van der Waals surface area contributed by atoms with Gasteiger partial charge in [-0.2, -0.15) is 13.2 Å². The van der Waals surface area contributed by atoms with Gasteiger partial charge in [-0.25, -0.2) is 17.2 Å². The fraction of sp³-hybridized carbons (Fsp3) is 0.250. The topological polar surface area (TPSA) is 64.6 Å². The SMILES string of the molecule is COCCOc1ccc(C(F)(F)F)cc1NS(=O)(=O)c1c(F)cccc1F. The standard InChI is InChI=1S/C16H14F5NO4S/c1-25-7-8-26-14-6-5-10(16(19,20)21)9-13(14)22-27(23,24)15-11(17)3-2-4-12(15)18/h2-6,9,22H,7-8H2,1H3. The van der Waals surface area contributed by atoms with Crippen molar-refractivity contribution >= 4 is 15.7 Å². The first-order valence-corrected chi connectivity index (χ1v) is 8.84. The van der Waals surface area contributed by atoms with Gasteiger partial charge < -0.3 is 9.47 Å². The second kappa shape index (κ2) is 8.09. The third-order valence-corrected chi connectivity index (χ3v) is 4.70. The summed E-state index contributed by atoms with van der Waals surface area (Å²) in [5.41, 5.74) is -1.79. The number of hydrogen-bond acceptors (Lipinski definition) is 4. The summed E-state index contributed by atoms with van der Waals surface area (Å²) in [7, 11) is -3.51. The van der Waals surface area contributed by atoms with E-state index in [9.17, 15) is 30.4 Å². The molecule has 148 valence electrons. The van der Waals surface area contributed by atoms with E-state index in [1.165, 1.54) is 7.11 Å². The lowest BCUT2D eigenvalue weighted by Gasteiger charge is -2.16. The molecule has 2 aromatic carbocycles. The van der Waals surface area contributed by atoms with Crippen molar-refractivity contribution in [3.05, 3.63) is 53.6 Å². The van der Waals surface area contributed by atoms with Crippen LogP contribution < -0.4 is 9.46 Å². The number of rotatable bonds is 7. The number of ether oxygens (including phenoxy) is 2. The Morgan fingerprint density at radius 1 is 1.04 bits per heavy atom. The molecule has 0 radical (unpaired) electrons. The number of halogens is 5. The molecule has 0 aromatic heterocycles. The molecule has 0 amide bonds. The maximum absolute atomic E-state index is 13.8. The summed E-state index contributed by atoms with van der Waals surface area (Å²) in [5.74, 6) is -3.05. The van der Waals surface area contributed by atoms with Gasteiger partial charge in [0, 0.05) is 7.11 Å². The maximum atomic E-state index is 13.8. The molecule has 0 saturated carbocycles. The highest BCUT2D eigenvalue weighted by atomic mass is 32.2. The number of sulfonamides is 1. The fourth-order valence-electron chi connectivity index (χ4n) is 2.08. The lowest BCUT2D eigenvalue weighted by Crippen LogP contribution is -2.18. The van der Waals surface area contributed by atoms with Gasteiger partial charge in [-0.15, -0.1) is 0 Å². The molecule has 0 aliphatic carbocycles. The third kappa shape index (κ3) is 5.07. The van der Waals surface area contributed by atoms with Gasteiger partial charge >= 0.3 is 6.18 Å². The Morgan fingerprint density at radius 2 is 1.67 bits per heavy atom.